The van der Waals surface area contributed by atoms with Gasteiger partial charge >= 0.3 is 0 Å². The van der Waals surface area contributed by atoms with Gasteiger partial charge in [0.2, 0.25) is 0 Å². The number of likely N-dealkylation sites (tertiary alicyclic amines) is 2. The van der Waals surface area contributed by atoms with E-state index < -0.39 is 0 Å². The van der Waals surface area contributed by atoms with Crippen molar-refractivity contribution in [1.82, 2.24) is 9.80 Å². The molecule has 19 heavy (non-hydrogen) atoms. The maximum atomic E-state index is 6.98. The van der Waals surface area contributed by atoms with E-state index in [0.717, 1.165) is 12.2 Å². The largest absolute Gasteiger partial charge is 0.306 e. The van der Waals surface area contributed by atoms with E-state index in [2.05, 4.69) is 33.8 Å². The number of nitrogens with zero attached hydrogens (tertiary/aromatic N) is 3. The van der Waals surface area contributed by atoms with Gasteiger partial charge in [0, 0.05) is 19.6 Å². The average molecular weight is 255 g/mol. The Labute approximate surface area is 115 Å². The highest BCUT2D eigenvalue weighted by Gasteiger charge is 2.42. The third kappa shape index (κ3) is 2.65. The Morgan fingerprint density at radius 3 is 2.53 bits per heavy atom. The standard InChI is InChI=1S/C16H21N3/c1-17-15-5-3-14(4-6-15)11-19-10-8-16(13-19)7-9-18(2)12-16/h3-6H,7-13H2,2H3. The van der Waals surface area contributed by atoms with Gasteiger partial charge in [0.05, 0.1) is 6.57 Å². The van der Waals surface area contributed by atoms with Crippen molar-refractivity contribution in [3.63, 3.8) is 0 Å². The van der Waals surface area contributed by atoms with Crippen LogP contribution < -0.4 is 0 Å². The first-order valence-corrected chi connectivity index (χ1v) is 7.06. The van der Waals surface area contributed by atoms with Crippen molar-refractivity contribution in [2.75, 3.05) is 33.2 Å². The van der Waals surface area contributed by atoms with E-state index in [1.54, 1.807) is 0 Å². The summed E-state index contributed by atoms with van der Waals surface area (Å²) in [6, 6.07) is 8.05. The molecule has 2 heterocycles. The quantitative estimate of drug-likeness (QED) is 0.753. The number of benzene rings is 1. The zero-order valence-corrected chi connectivity index (χ0v) is 11.6. The van der Waals surface area contributed by atoms with Crippen LogP contribution in [0.25, 0.3) is 4.85 Å². The molecular formula is C16H21N3. The summed E-state index contributed by atoms with van der Waals surface area (Å²) < 4.78 is 0. The summed E-state index contributed by atoms with van der Waals surface area (Å²) in [4.78, 5) is 8.48. The Hall–Kier alpha value is -1.37. The van der Waals surface area contributed by atoms with E-state index in [9.17, 15) is 0 Å². The Balaban J connectivity index is 1.61. The van der Waals surface area contributed by atoms with Crippen molar-refractivity contribution in [2.24, 2.45) is 5.41 Å². The second-order valence-electron chi connectivity index (χ2n) is 6.23. The van der Waals surface area contributed by atoms with Crippen molar-refractivity contribution < 1.29 is 0 Å². The van der Waals surface area contributed by atoms with Crippen LogP contribution in [0.2, 0.25) is 0 Å². The molecule has 0 saturated carbocycles. The maximum Gasteiger partial charge on any atom is 0.187 e. The van der Waals surface area contributed by atoms with Crippen LogP contribution in [0.1, 0.15) is 18.4 Å². The Morgan fingerprint density at radius 2 is 1.89 bits per heavy atom. The summed E-state index contributed by atoms with van der Waals surface area (Å²) in [5.74, 6) is 0. The monoisotopic (exact) mass is 255 g/mol. The predicted octanol–water partition coefficient (Wildman–Crippen LogP) is 2.76. The molecular weight excluding hydrogens is 234 g/mol. The SMILES string of the molecule is [C-]#[N+]c1ccc(CN2CCC3(CCN(C)C3)C2)cc1. The minimum absolute atomic E-state index is 0.561. The minimum Gasteiger partial charge on any atom is -0.306 e. The molecule has 2 saturated heterocycles. The first-order chi connectivity index (χ1) is 9.19. The second-order valence-corrected chi connectivity index (χ2v) is 6.23. The van der Waals surface area contributed by atoms with E-state index in [0.29, 0.717) is 5.41 Å². The van der Waals surface area contributed by atoms with Gasteiger partial charge in [-0.1, -0.05) is 24.3 Å². The Morgan fingerprint density at radius 1 is 1.16 bits per heavy atom. The average Bonchev–Trinajstić information content (AvgIpc) is 2.98. The molecule has 0 aliphatic carbocycles. The van der Waals surface area contributed by atoms with E-state index >= 15 is 0 Å². The van der Waals surface area contributed by atoms with Crippen LogP contribution in [0.15, 0.2) is 24.3 Å². The fraction of sp³-hybridized carbons (Fsp3) is 0.562. The van der Waals surface area contributed by atoms with Crippen LogP contribution in [-0.2, 0) is 6.54 Å². The molecule has 3 heteroatoms. The van der Waals surface area contributed by atoms with Crippen molar-refractivity contribution in [2.45, 2.75) is 19.4 Å². The maximum absolute atomic E-state index is 6.98. The lowest BCUT2D eigenvalue weighted by Crippen LogP contribution is -2.29. The van der Waals surface area contributed by atoms with Crippen LogP contribution in [0.5, 0.6) is 0 Å². The van der Waals surface area contributed by atoms with Gasteiger partial charge in [0.25, 0.3) is 0 Å². The van der Waals surface area contributed by atoms with Gasteiger partial charge in [-0.25, -0.2) is 4.85 Å². The first kappa shape index (κ1) is 12.7. The molecule has 2 aliphatic rings. The summed E-state index contributed by atoms with van der Waals surface area (Å²) in [6.07, 6.45) is 2.70. The van der Waals surface area contributed by atoms with Crippen LogP contribution in [0.3, 0.4) is 0 Å². The third-order valence-corrected chi connectivity index (χ3v) is 4.62. The minimum atomic E-state index is 0.561. The summed E-state index contributed by atoms with van der Waals surface area (Å²) in [5, 5.41) is 0. The van der Waals surface area contributed by atoms with Crippen molar-refractivity contribution >= 4 is 5.69 Å². The van der Waals surface area contributed by atoms with Crippen molar-refractivity contribution in [3.05, 3.63) is 41.2 Å². The summed E-state index contributed by atoms with van der Waals surface area (Å²) >= 11 is 0. The van der Waals surface area contributed by atoms with Crippen molar-refractivity contribution in [3.8, 4) is 0 Å². The molecule has 100 valence electrons. The lowest BCUT2D eigenvalue weighted by molar-refractivity contribution is 0.250. The second kappa shape index (κ2) is 4.96. The molecule has 1 aromatic rings. The van der Waals surface area contributed by atoms with Gasteiger partial charge < -0.3 is 4.90 Å². The summed E-state index contributed by atoms with van der Waals surface area (Å²) in [7, 11) is 2.24. The van der Waals surface area contributed by atoms with Crippen LogP contribution in [0, 0.1) is 12.0 Å². The topological polar surface area (TPSA) is 10.8 Å². The van der Waals surface area contributed by atoms with E-state index in [4.69, 9.17) is 6.57 Å². The van der Waals surface area contributed by atoms with Gasteiger partial charge in [-0.2, -0.15) is 0 Å². The molecule has 3 nitrogen and oxygen atoms in total. The molecule has 2 aliphatic heterocycles. The third-order valence-electron chi connectivity index (χ3n) is 4.62. The summed E-state index contributed by atoms with van der Waals surface area (Å²) in [5.41, 5.74) is 2.63. The van der Waals surface area contributed by atoms with Crippen LogP contribution >= 0.6 is 0 Å². The Kier molecular flexibility index (Phi) is 3.30. The molecule has 0 aromatic heterocycles. The number of hydrogen-bond donors (Lipinski definition) is 0. The number of rotatable bonds is 2. The fourth-order valence-corrected chi connectivity index (χ4v) is 3.59. The fourth-order valence-electron chi connectivity index (χ4n) is 3.59. The predicted molar refractivity (Wildman–Crippen MR) is 77.1 cm³/mol. The molecule has 0 amide bonds. The lowest BCUT2D eigenvalue weighted by Gasteiger charge is -2.24. The first-order valence-electron chi connectivity index (χ1n) is 7.06. The molecule has 1 atom stereocenters. The highest BCUT2D eigenvalue weighted by Crippen LogP contribution is 2.39. The van der Waals surface area contributed by atoms with Crippen LogP contribution in [-0.4, -0.2) is 43.0 Å². The van der Waals surface area contributed by atoms with Gasteiger partial charge in [-0.05, 0) is 44.0 Å². The molecule has 0 radical (unpaired) electrons. The van der Waals surface area contributed by atoms with E-state index in [1.807, 2.05) is 12.1 Å². The van der Waals surface area contributed by atoms with Gasteiger partial charge in [-0.15, -0.1) is 0 Å². The molecule has 1 aromatic carbocycles. The highest BCUT2D eigenvalue weighted by atomic mass is 15.2. The Bertz CT molecular complexity index is 488. The van der Waals surface area contributed by atoms with Gasteiger partial charge in [0.15, 0.2) is 5.69 Å². The zero-order valence-electron chi connectivity index (χ0n) is 11.6. The molecule has 1 unspecified atom stereocenters. The molecule has 3 rings (SSSR count). The normalized spacial score (nSPS) is 28.0. The molecule has 0 N–H and O–H groups in total. The van der Waals surface area contributed by atoms with Gasteiger partial charge in [-0.3, -0.25) is 4.90 Å². The lowest BCUT2D eigenvalue weighted by atomic mass is 9.86. The van der Waals surface area contributed by atoms with Crippen LogP contribution in [0.4, 0.5) is 5.69 Å². The highest BCUT2D eigenvalue weighted by molar-refractivity contribution is 5.45. The smallest absolute Gasteiger partial charge is 0.187 e. The summed E-state index contributed by atoms with van der Waals surface area (Å²) in [6.45, 7) is 13.0. The molecule has 1 spiro atoms. The van der Waals surface area contributed by atoms with E-state index in [-0.39, 0.29) is 0 Å². The molecule has 2 fully saturated rings. The van der Waals surface area contributed by atoms with Crippen molar-refractivity contribution in [1.29, 1.82) is 0 Å². The number of hydrogen-bond acceptors (Lipinski definition) is 2. The zero-order chi connectivity index (χ0) is 13.3. The van der Waals surface area contributed by atoms with E-state index in [1.165, 1.54) is 44.6 Å². The van der Waals surface area contributed by atoms with Gasteiger partial charge in [0.1, 0.15) is 0 Å². The molecule has 0 bridgehead atoms.